The van der Waals surface area contributed by atoms with E-state index < -0.39 is 4.33 Å². The predicted molar refractivity (Wildman–Crippen MR) is 61.4 cm³/mol. The van der Waals surface area contributed by atoms with Crippen molar-refractivity contribution in [1.29, 1.82) is 0 Å². The molecule has 0 N–H and O–H groups in total. The minimum atomic E-state index is -0.639. The van der Waals surface area contributed by atoms with Gasteiger partial charge in [-0.25, -0.2) is 0 Å². The van der Waals surface area contributed by atoms with Crippen molar-refractivity contribution in [3.63, 3.8) is 0 Å². The van der Waals surface area contributed by atoms with Crippen molar-refractivity contribution in [2.45, 2.75) is 24.1 Å². The first-order chi connectivity index (χ1) is 6.51. The molecule has 0 bridgehead atoms. The Kier molecular flexibility index (Phi) is 4.09. The number of benzene rings is 1. The molecular weight excluding hydrogens is 219 g/mol. The smallest absolute Gasteiger partial charge is 0.118 e. The van der Waals surface area contributed by atoms with Crippen LogP contribution >= 0.6 is 23.2 Å². The van der Waals surface area contributed by atoms with E-state index in [1.807, 2.05) is 24.3 Å². The minimum absolute atomic E-state index is 0.639. The zero-order valence-electron chi connectivity index (χ0n) is 8.39. The highest BCUT2D eigenvalue weighted by atomic mass is 35.5. The zero-order valence-corrected chi connectivity index (χ0v) is 9.90. The third-order valence-electron chi connectivity index (χ3n) is 2.01. The second-order valence-corrected chi connectivity index (χ2v) is 5.28. The summed E-state index contributed by atoms with van der Waals surface area (Å²) in [5.41, 5.74) is 1.22. The summed E-state index contributed by atoms with van der Waals surface area (Å²) in [6, 6.07) is 7.93. The quantitative estimate of drug-likeness (QED) is 0.718. The van der Waals surface area contributed by atoms with Crippen LogP contribution in [0.1, 0.15) is 18.9 Å². The molecule has 0 aliphatic heterocycles. The Balaban J connectivity index is 2.52. The molecule has 1 aromatic carbocycles. The van der Waals surface area contributed by atoms with Gasteiger partial charge in [0.05, 0.1) is 7.11 Å². The zero-order chi connectivity index (χ0) is 10.6. The molecule has 14 heavy (non-hydrogen) atoms. The third kappa shape index (κ3) is 4.21. The molecule has 0 spiro atoms. The van der Waals surface area contributed by atoms with Crippen molar-refractivity contribution in [2.75, 3.05) is 7.11 Å². The summed E-state index contributed by atoms with van der Waals surface area (Å²) in [5.74, 6) is 0.869. The van der Waals surface area contributed by atoms with Gasteiger partial charge in [0.25, 0.3) is 0 Å². The molecule has 0 aliphatic rings. The summed E-state index contributed by atoms with van der Waals surface area (Å²) >= 11 is 11.8. The van der Waals surface area contributed by atoms with E-state index in [-0.39, 0.29) is 0 Å². The third-order valence-corrected chi connectivity index (χ3v) is 2.39. The Hall–Kier alpha value is -0.400. The molecule has 3 heteroatoms. The highest BCUT2D eigenvalue weighted by Crippen LogP contribution is 2.26. The lowest BCUT2D eigenvalue weighted by molar-refractivity contribution is 0.414. The maximum Gasteiger partial charge on any atom is 0.118 e. The minimum Gasteiger partial charge on any atom is -0.497 e. The van der Waals surface area contributed by atoms with E-state index in [1.54, 1.807) is 14.0 Å². The molecule has 78 valence electrons. The summed E-state index contributed by atoms with van der Waals surface area (Å²) < 4.78 is 4.42. The first-order valence-corrected chi connectivity index (χ1v) is 5.27. The summed E-state index contributed by atoms with van der Waals surface area (Å²) in [7, 11) is 1.66. The maximum absolute atomic E-state index is 5.88. The molecule has 0 aromatic heterocycles. The Morgan fingerprint density at radius 3 is 2.21 bits per heavy atom. The van der Waals surface area contributed by atoms with Gasteiger partial charge in [0.2, 0.25) is 0 Å². The number of aryl methyl sites for hydroxylation is 1. The molecule has 1 nitrogen and oxygen atoms in total. The van der Waals surface area contributed by atoms with E-state index in [4.69, 9.17) is 27.9 Å². The van der Waals surface area contributed by atoms with Gasteiger partial charge in [0, 0.05) is 0 Å². The summed E-state index contributed by atoms with van der Waals surface area (Å²) in [6.45, 7) is 1.81. The van der Waals surface area contributed by atoms with Gasteiger partial charge in [0.1, 0.15) is 10.1 Å². The average Bonchev–Trinajstić information content (AvgIpc) is 2.14. The number of methoxy groups -OCH3 is 1. The number of rotatable bonds is 4. The van der Waals surface area contributed by atoms with Gasteiger partial charge in [-0.3, -0.25) is 0 Å². The van der Waals surface area contributed by atoms with Crippen molar-refractivity contribution in [3.05, 3.63) is 29.8 Å². The molecule has 0 saturated heterocycles. The molecule has 0 atom stereocenters. The van der Waals surface area contributed by atoms with Crippen molar-refractivity contribution in [2.24, 2.45) is 0 Å². The standard InChI is InChI=1S/C11H14Cl2O/c1-11(12,13)8-7-9-3-5-10(14-2)6-4-9/h3-6H,7-8H2,1-2H3. The number of halogens is 2. The van der Waals surface area contributed by atoms with E-state index in [1.165, 1.54) is 5.56 Å². The van der Waals surface area contributed by atoms with Crippen LogP contribution < -0.4 is 4.74 Å². The van der Waals surface area contributed by atoms with Gasteiger partial charge in [-0.1, -0.05) is 12.1 Å². The second-order valence-electron chi connectivity index (χ2n) is 3.42. The van der Waals surface area contributed by atoms with Crippen LogP contribution in [-0.4, -0.2) is 11.4 Å². The lowest BCUT2D eigenvalue weighted by Gasteiger charge is -2.12. The fraction of sp³-hybridized carbons (Fsp3) is 0.455. The van der Waals surface area contributed by atoms with E-state index in [9.17, 15) is 0 Å². The molecule has 0 aliphatic carbocycles. The van der Waals surface area contributed by atoms with E-state index in [2.05, 4.69) is 0 Å². The molecule has 1 rings (SSSR count). The molecule has 0 saturated carbocycles. The summed E-state index contributed by atoms with van der Waals surface area (Å²) in [5, 5.41) is 0. The maximum atomic E-state index is 5.88. The molecule has 0 fully saturated rings. The largest absolute Gasteiger partial charge is 0.497 e. The molecule has 0 heterocycles. The van der Waals surface area contributed by atoms with Gasteiger partial charge in [0.15, 0.2) is 0 Å². The van der Waals surface area contributed by atoms with E-state index >= 15 is 0 Å². The van der Waals surface area contributed by atoms with Gasteiger partial charge in [-0.05, 0) is 37.5 Å². The second kappa shape index (κ2) is 4.90. The van der Waals surface area contributed by atoms with E-state index in [0.29, 0.717) is 0 Å². The molecule has 0 radical (unpaired) electrons. The molecular formula is C11H14Cl2O. The van der Waals surface area contributed by atoms with Crippen LogP contribution in [0.3, 0.4) is 0 Å². The van der Waals surface area contributed by atoms with Crippen molar-refractivity contribution in [3.8, 4) is 5.75 Å². The number of hydrogen-bond acceptors (Lipinski definition) is 1. The van der Waals surface area contributed by atoms with E-state index in [0.717, 1.165) is 18.6 Å². The Labute approximate surface area is 95.0 Å². The number of hydrogen-bond donors (Lipinski definition) is 0. The van der Waals surface area contributed by atoms with Gasteiger partial charge in [-0.2, -0.15) is 0 Å². The normalized spacial score (nSPS) is 11.4. The molecule has 0 amide bonds. The predicted octanol–water partition coefficient (Wildman–Crippen LogP) is 3.82. The highest BCUT2D eigenvalue weighted by molar-refractivity contribution is 6.48. The van der Waals surface area contributed by atoms with Crippen LogP contribution in [0.5, 0.6) is 5.75 Å². The lowest BCUT2D eigenvalue weighted by Crippen LogP contribution is -2.07. The molecule has 0 unspecified atom stereocenters. The van der Waals surface area contributed by atoms with Crippen LogP contribution in [0.15, 0.2) is 24.3 Å². The SMILES string of the molecule is COc1ccc(CCC(C)(Cl)Cl)cc1. The summed E-state index contributed by atoms with van der Waals surface area (Å²) in [6.07, 6.45) is 1.63. The Bertz CT molecular complexity index is 274. The van der Waals surface area contributed by atoms with Gasteiger partial charge < -0.3 is 4.74 Å². The Morgan fingerprint density at radius 2 is 1.79 bits per heavy atom. The first-order valence-electron chi connectivity index (χ1n) is 4.52. The van der Waals surface area contributed by atoms with Crippen molar-refractivity contribution < 1.29 is 4.74 Å². The highest BCUT2D eigenvalue weighted by Gasteiger charge is 2.15. The van der Waals surface area contributed by atoms with Crippen LogP contribution in [0.2, 0.25) is 0 Å². The number of ether oxygens (including phenoxy) is 1. The number of alkyl halides is 2. The van der Waals surface area contributed by atoms with Gasteiger partial charge >= 0.3 is 0 Å². The fourth-order valence-electron chi connectivity index (χ4n) is 1.16. The van der Waals surface area contributed by atoms with Crippen LogP contribution in [0, 0.1) is 0 Å². The van der Waals surface area contributed by atoms with Gasteiger partial charge in [-0.15, -0.1) is 23.2 Å². The Morgan fingerprint density at radius 1 is 1.21 bits per heavy atom. The summed E-state index contributed by atoms with van der Waals surface area (Å²) in [4.78, 5) is 0. The first kappa shape index (κ1) is 11.7. The monoisotopic (exact) mass is 232 g/mol. The van der Waals surface area contributed by atoms with Crippen molar-refractivity contribution in [1.82, 2.24) is 0 Å². The van der Waals surface area contributed by atoms with Crippen LogP contribution in [0.4, 0.5) is 0 Å². The van der Waals surface area contributed by atoms with Crippen LogP contribution in [-0.2, 0) is 6.42 Å². The lowest BCUT2D eigenvalue weighted by atomic mass is 10.1. The van der Waals surface area contributed by atoms with Crippen molar-refractivity contribution >= 4 is 23.2 Å². The average molecular weight is 233 g/mol. The fourth-order valence-corrected chi connectivity index (χ4v) is 1.35. The molecule has 1 aromatic rings. The topological polar surface area (TPSA) is 9.23 Å². The van der Waals surface area contributed by atoms with Crippen LogP contribution in [0.25, 0.3) is 0 Å².